The number of sulfonamides is 1. The van der Waals surface area contributed by atoms with E-state index in [9.17, 15) is 13.2 Å². The van der Waals surface area contributed by atoms with E-state index in [0.29, 0.717) is 24.1 Å². The molecular weight excluding hydrogens is 362 g/mol. The number of carbonyl (C=O) groups excluding carboxylic acids is 1. The second-order valence-corrected chi connectivity index (χ2v) is 7.61. The van der Waals surface area contributed by atoms with Gasteiger partial charge in [-0.1, -0.05) is 42.5 Å². The Kier molecular flexibility index (Phi) is 5.52. The first kappa shape index (κ1) is 18.6. The fraction of sp³-hybridized carbons (Fsp3) is 0.100. The molecule has 0 spiro atoms. The van der Waals surface area contributed by atoms with Crippen LogP contribution >= 0.6 is 0 Å². The molecule has 0 aliphatic rings. The maximum Gasteiger partial charge on any atom is 0.263 e. The summed E-state index contributed by atoms with van der Waals surface area (Å²) in [4.78, 5) is 15.7. The Labute approximate surface area is 158 Å². The van der Waals surface area contributed by atoms with E-state index in [-0.39, 0.29) is 10.5 Å². The van der Waals surface area contributed by atoms with Gasteiger partial charge in [0.05, 0.1) is 17.4 Å². The van der Waals surface area contributed by atoms with Crippen molar-refractivity contribution in [3.63, 3.8) is 0 Å². The summed E-state index contributed by atoms with van der Waals surface area (Å²) >= 11 is 0. The summed E-state index contributed by atoms with van der Waals surface area (Å²) in [6.07, 6.45) is 4.03. The normalized spacial score (nSPS) is 11.1. The third kappa shape index (κ3) is 4.51. The molecule has 0 radical (unpaired) electrons. The largest absolute Gasteiger partial charge is 0.366 e. The Morgan fingerprint density at radius 3 is 2.41 bits per heavy atom. The quantitative estimate of drug-likeness (QED) is 0.657. The van der Waals surface area contributed by atoms with Gasteiger partial charge in [-0.2, -0.15) is 0 Å². The number of carbonyl (C=O) groups is 1. The highest BCUT2D eigenvalue weighted by Crippen LogP contribution is 2.25. The van der Waals surface area contributed by atoms with E-state index in [2.05, 4.69) is 9.71 Å². The molecule has 0 saturated carbocycles. The molecule has 7 heteroatoms. The molecular formula is C20H19N3O3S. The number of primary amides is 1. The highest BCUT2D eigenvalue weighted by atomic mass is 32.2. The number of amides is 1. The van der Waals surface area contributed by atoms with Crippen LogP contribution in [0.1, 0.15) is 21.5 Å². The predicted octanol–water partition coefficient (Wildman–Crippen LogP) is 2.77. The molecule has 1 aromatic heterocycles. The minimum atomic E-state index is -4.01. The van der Waals surface area contributed by atoms with E-state index >= 15 is 0 Å². The molecule has 1 heterocycles. The highest BCUT2D eigenvalue weighted by molar-refractivity contribution is 7.92. The summed E-state index contributed by atoms with van der Waals surface area (Å²) in [6.45, 7) is 0. The van der Waals surface area contributed by atoms with Gasteiger partial charge in [-0.3, -0.25) is 14.5 Å². The second kappa shape index (κ2) is 8.01. The van der Waals surface area contributed by atoms with Crippen LogP contribution in [0.4, 0.5) is 5.69 Å². The molecule has 0 unspecified atom stereocenters. The average molecular weight is 381 g/mol. The monoisotopic (exact) mass is 381 g/mol. The van der Waals surface area contributed by atoms with Crippen LogP contribution in [0.3, 0.4) is 0 Å². The van der Waals surface area contributed by atoms with Crippen molar-refractivity contribution in [3.8, 4) is 0 Å². The Balaban J connectivity index is 1.99. The first-order valence-corrected chi connectivity index (χ1v) is 9.84. The molecule has 138 valence electrons. The molecule has 1 amide bonds. The maximum absolute atomic E-state index is 13.0. The number of pyridine rings is 1. The Bertz CT molecular complexity index is 1040. The van der Waals surface area contributed by atoms with Crippen LogP contribution in [-0.2, 0) is 22.9 Å². The Morgan fingerprint density at radius 1 is 0.963 bits per heavy atom. The number of hydrogen-bond donors (Lipinski definition) is 2. The van der Waals surface area contributed by atoms with E-state index in [1.807, 2.05) is 30.3 Å². The number of nitrogens with two attached hydrogens (primary N) is 1. The first-order chi connectivity index (χ1) is 13.0. The topological polar surface area (TPSA) is 102 Å². The maximum atomic E-state index is 13.0. The Hall–Kier alpha value is -3.19. The van der Waals surface area contributed by atoms with Crippen molar-refractivity contribution in [3.05, 3.63) is 89.7 Å². The summed E-state index contributed by atoms with van der Waals surface area (Å²) in [6, 6.07) is 17.7. The minimum Gasteiger partial charge on any atom is -0.366 e. The zero-order valence-corrected chi connectivity index (χ0v) is 15.3. The van der Waals surface area contributed by atoms with Gasteiger partial charge in [-0.05, 0) is 42.2 Å². The van der Waals surface area contributed by atoms with Crippen LogP contribution in [0.5, 0.6) is 0 Å². The van der Waals surface area contributed by atoms with Crippen molar-refractivity contribution in [1.29, 1.82) is 0 Å². The van der Waals surface area contributed by atoms with Crippen LogP contribution in [0, 0.1) is 0 Å². The summed E-state index contributed by atoms with van der Waals surface area (Å²) in [5.74, 6) is -0.789. The van der Waals surface area contributed by atoms with Crippen molar-refractivity contribution < 1.29 is 13.2 Å². The molecule has 0 aliphatic heterocycles. The fourth-order valence-electron chi connectivity index (χ4n) is 2.85. The highest BCUT2D eigenvalue weighted by Gasteiger charge is 2.25. The first-order valence-electron chi connectivity index (χ1n) is 8.36. The number of aryl methyl sites for hydroxylation is 2. The van der Waals surface area contributed by atoms with Crippen molar-refractivity contribution in [2.75, 3.05) is 4.72 Å². The standard InChI is InChI=1S/C20H19N3O3S/c21-20(24)18-10-4-8-16(12-11-15-6-2-1-3-7-15)19(18)27(25,26)23-17-9-5-13-22-14-17/h1-10,13-14,23H,11-12H2,(H2,21,24). The third-order valence-electron chi connectivity index (χ3n) is 4.07. The molecule has 0 saturated heterocycles. The van der Waals surface area contributed by atoms with Gasteiger partial charge in [-0.25, -0.2) is 8.42 Å². The molecule has 6 nitrogen and oxygen atoms in total. The van der Waals surface area contributed by atoms with Gasteiger partial charge < -0.3 is 5.73 Å². The van der Waals surface area contributed by atoms with Gasteiger partial charge in [0.15, 0.2) is 0 Å². The van der Waals surface area contributed by atoms with Crippen molar-refractivity contribution in [2.24, 2.45) is 5.73 Å². The zero-order valence-electron chi connectivity index (χ0n) is 14.5. The summed E-state index contributed by atoms with van der Waals surface area (Å²) in [5.41, 5.74) is 7.33. The smallest absolute Gasteiger partial charge is 0.263 e. The average Bonchev–Trinajstić information content (AvgIpc) is 2.67. The molecule has 2 aromatic carbocycles. The predicted molar refractivity (Wildman–Crippen MR) is 104 cm³/mol. The molecule has 0 atom stereocenters. The molecule has 3 rings (SSSR count). The number of anilines is 1. The summed E-state index contributed by atoms with van der Waals surface area (Å²) in [7, 11) is -4.01. The fourth-order valence-corrected chi connectivity index (χ4v) is 4.35. The number of rotatable bonds is 7. The van der Waals surface area contributed by atoms with Crippen molar-refractivity contribution >= 4 is 21.6 Å². The van der Waals surface area contributed by atoms with E-state index in [4.69, 9.17) is 5.73 Å². The van der Waals surface area contributed by atoms with E-state index in [1.54, 1.807) is 30.5 Å². The number of hydrogen-bond acceptors (Lipinski definition) is 4. The minimum absolute atomic E-state index is 0.0306. The van der Waals surface area contributed by atoms with E-state index in [0.717, 1.165) is 5.56 Å². The van der Waals surface area contributed by atoms with Crippen LogP contribution in [0.25, 0.3) is 0 Å². The van der Waals surface area contributed by atoms with Gasteiger partial charge >= 0.3 is 0 Å². The molecule has 0 fully saturated rings. The number of benzene rings is 2. The van der Waals surface area contributed by atoms with Gasteiger partial charge in [-0.15, -0.1) is 0 Å². The number of nitrogens with one attached hydrogen (secondary N) is 1. The van der Waals surface area contributed by atoms with Gasteiger partial charge in [0.2, 0.25) is 5.91 Å². The number of nitrogens with zero attached hydrogens (tertiary/aromatic N) is 1. The third-order valence-corrected chi connectivity index (χ3v) is 5.59. The lowest BCUT2D eigenvalue weighted by molar-refractivity contribution is 0.0997. The lowest BCUT2D eigenvalue weighted by Crippen LogP contribution is -2.22. The molecule has 27 heavy (non-hydrogen) atoms. The van der Waals surface area contributed by atoms with E-state index in [1.165, 1.54) is 12.3 Å². The van der Waals surface area contributed by atoms with E-state index < -0.39 is 15.9 Å². The van der Waals surface area contributed by atoms with Crippen molar-refractivity contribution in [2.45, 2.75) is 17.7 Å². The molecule has 3 aromatic rings. The second-order valence-electron chi connectivity index (χ2n) is 5.99. The SMILES string of the molecule is NC(=O)c1cccc(CCc2ccccc2)c1S(=O)(=O)Nc1cccnc1. The van der Waals surface area contributed by atoms with Crippen LogP contribution < -0.4 is 10.5 Å². The molecule has 3 N–H and O–H groups in total. The van der Waals surface area contributed by atoms with Gasteiger partial charge in [0, 0.05) is 6.20 Å². The van der Waals surface area contributed by atoms with Gasteiger partial charge in [0.1, 0.15) is 4.90 Å². The van der Waals surface area contributed by atoms with Crippen LogP contribution in [-0.4, -0.2) is 19.3 Å². The van der Waals surface area contributed by atoms with Gasteiger partial charge in [0.25, 0.3) is 10.0 Å². The van der Waals surface area contributed by atoms with Crippen molar-refractivity contribution in [1.82, 2.24) is 4.98 Å². The molecule has 0 aliphatic carbocycles. The lowest BCUT2D eigenvalue weighted by Gasteiger charge is -2.15. The Morgan fingerprint density at radius 2 is 1.74 bits per heavy atom. The number of aromatic nitrogens is 1. The zero-order chi connectivity index (χ0) is 19.3. The van der Waals surface area contributed by atoms with Crippen LogP contribution in [0.15, 0.2) is 78.0 Å². The molecule has 0 bridgehead atoms. The lowest BCUT2D eigenvalue weighted by atomic mass is 10.0. The summed E-state index contributed by atoms with van der Waals surface area (Å²) < 4.78 is 28.5. The van der Waals surface area contributed by atoms with Crippen LogP contribution in [0.2, 0.25) is 0 Å². The summed E-state index contributed by atoms with van der Waals surface area (Å²) in [5, 5.41) is 0.